The predicted octanol–water partition coefficient (Wildman–Crippen LogP) is 1.06. The summed E-state index contributed by atoms with van der Waals surface area (Å²) >= 11 is 0. The van der Waals surface area contributed by atoms with E-state index < -0.39 is 35.1 Å². The molecule has 0 spiro atoms. The van der Waals surface area contributed by atoms with Crippen LogP contribution in [0.15, 0.2) is 0 Å². The number of carbonyl (C=O) groups is 3. The lowest BCUT2D eigenvalue weighted by Crippen LogP contribution is -2.49. The van der Waals surface area contributed by atoms with Gasteiger partial charge in [-0.05, 0) is 18.3 Å². The van der Waals surface area contributed by atoms with Crippen LogP contribution >= 0.6 is 0 Å². The minimum absolute atomic E-state index is 0.105. The van der Waals surface area contributed by atoms with Crippen molar-refractivity contribution in [3.05, 3.63) is 0 Å². The second-order valence-corrected chi connectivity index (χ2v) is 6.10. The molecule has 1 aliphatic heterocycles. The Morgan fingerprint density at radius 2 is 1.79 bits per heavy atom. The number of carboxylic acids is 2. The van der Waals surface area contributed by atoms with Gasteiger partial charge in [0, 0.05) is 13.1 Å². The van der Waals surface area contributed by atoms with Gasteiger partial charge in [0.2, 0.25) is 5.91 Å². The highest BCUT2D eigenvalue weighted by atomic mass is 16.4. The Kier molecular flexibility index (Phi) is 4.55. The zero-order valence-electron chi connectivity index (χ0n) is 11.5. The molecule has 0 aromatic heterocycles. The molecule has 0 aromatic carbocycles. The molecular weight excluding hydrogens is 250 g/mol. The SMILES string of the molecule is CC(C)(C)C(C(=O)O)C(=O)N1CCC[C@H](C(=O)O)C1. The fraction of sp³-hybridized carbons (Fsp3) is 0.769. The van der Waals surface area contributed by atoms with E-state index in [0.717, 1.165) is 0 Å². The number of amides is 1. The van der Waals surface area contributed by atoms with Crippen LogP contribution in [0.2, 0.25) is 0 Å². The molecule has 2 atom stereocenters. The third-order valence-corrected chi connectivity index (χ3v) is 3.44. The van der Waals surface area contributed by atoms with Crippen molar-refractivity contribution in [3.63, 3.8) is 0 Å². The first-order chi connectivity index (χ1) is 8.64. The first kappa shape index (κ1) is 15.5. The minimum atomic E-state index is -1.16. The first-order valence-electron chi connectivity index (χ1n) is 6.39. The highest BCUT2D eigenvalue weighted by Gasteiger charge is 2.41. The highest BCUT2D eigenvalue weighted by molar-refractivity contribution is 5.98. The van der Waals surface area contributed by atoms with Crippen LogP contribution in [0.3, 0.4) is 0 Å². The van der Waals surface area contributed by atoms with Gasteiger partial charge >= 0.3 is 11.9 Å². The molecule has 6 nitrogen and oxygen atoms in total. The summed E-state index contributed by atoms with van der Waals surface area (Å²) in [5.41, 5.74) is -0.695. The number of aliphatic carboxylic acids is 2. The lowest BCUT2D eigenvalue weighted by molar-refractivity contribution is -0.157. The van der Waals surface area contributed by atoms with Crippen molar-refractivity contribution in [1.29, 1.82) is 0 Å². The van der Waals surface area contributed by atoms with E-state index in [1.54, 1.807) is 20.8 Å². The van der Waals surface area contributed by atoms with Crippen LogP contribution in [0.25, 0.3) is 0 Å². The molecule has 1 saturated heterocycles. The first-order valence-corrected chi connectivity index (χ1v) is 6.39. The molecule has 1 unspecified atom stereocenters. The Balaban J connectivity index is 2.86. The number of piperidine rings is 1. The van der Waals surface area contributed by atoms with Crippen molar-refractivity contribution in [3.8, 4) is 0 Å². The van der Waals surface area contributed by atoms with E-state index in [4.69, 9.17) is 5.11 Å². The summed E-state index contributed by atoms with van der Waals surface area (Å²) in [6.07, 6.45) is 1.13. The summed E-state index contributed by atoms with van der Waals surface area (Å²) in [6.45, 7) is 5.63. The number of hydrogen-bond acceptors (Lipinski definition) is 3. The molecule has 2 N–H and O–H groups in total. The number of likely N-dealkylation sites (tertiary alicyclic amines) is 1. The molecule has 1 aliphatic rings. The fourth-order valence-electron chi connectivity index (χ4n) is 2.41. The van der Waals surface area contributed by atoms with Gasteiger partial charge in [-0.15, -0.1) is 0 Å². The van der Waals surface area contributed by atoms with Crippen molar-refractivity contribution in [1.82, 2.24) is 4.90 Å². The third-order valence-electron chi connectivity index (χ3n) is 3.44. The molecule has 0 bridgehead atoms. The molecule has 108 valence electrons. The number of carboxylic acid groups (broad SMARTS) is 2. The number of carbonyl (C=O) groups excluding carboxylic acids is 1. The van der Waals surface area contributed by atoms with Gasteiger partial charge in [-0.3, -0.25) is 14.4 Å². The summed E-state index contributed by atoms with van der Waals surface area (Å²) in [5.74, 6) is -4.30. The van der Waals surface area contributed by atoms with Crippen molar-refractivity contribution >= 4 is 17.8 Å². The van der Waals surface area contributed by atoms with E-state index in [0.29, 0.717) is 19.4 Å². The third kappa shape index (κ3) is 3.68. The largest absolute Gasteiger partial charge is 0.481 e. The summed E-state index contributed by atoms with van der Waals surface area (Å²) in [6, 6.07) is 0. The van der Waals surface area contributed by atoms with Crippen molar-refractivity contribution in [2.24, 2.45) is 17.3 Å². The molecule has 19 heavy (non-hydrogen) atoms. The summed E-state index contributed by atoms with van der Waals surface area (Å²) in [5, 5.41) is 18.2. The smallest absolute Gasteiger partial charge is 0.316 e. The van der Waals surface area contributed by atoms with Crippen LogP contribution in [0.1, 0.15) is 33.6 Å². The van der Waals surface area contributed by atoms with Crippen LogP contribution < -0.4 is 0 Å². The standard InChI is InChI=1S/C13H21NO5/c1-13(2,3)9(12(18)19)10(15)14-6-4-5-8(7-14)11(16)17/h8-9H,4-7H2,1-3H3,(H,16,17)(H,18,19)/t8-,9?/m0/s1. The van der Waals surface area contributed by atoms with E-state index in [1.165, 1.54) is 4.90 Å². The molecule has 6 heteroatoms. The van der Waals surface area contributed by atoms with Gasteiger partial charge in [0.1, 0.15) is 5.92 Å². The van der Waals surface area contributed by atoms with Crippen molar-refractivity contribution in [2.75, 3.05) is 13.1 Å². The lowest BCUT2D eigenvalue weighted by Gasteiger charge is -2.35. The molecule has 1 heterocycles. The topological polar surface area (TPSA) is 94.9 Å². The number of hydrogen-bond donors (Lipinski definition) is 2. The zero-order chi connectivity index (χ0) is 14.8. The Labute approximate surface area is 112 Å². The van der Waals surface area contributed by atoms with Crippen LogP contribution in [-0.2, 0) is 14.4 Å². The molecule has 1 amide bonds. The van der Waals surface area contributed by atoms with E-state index in [2.05, 4.69) is 0 Å². The molecule has 0 aliphatic carbocycles. The lowest BCUT2D eigenvalue weighted by atomic mass is 9.79. The van der Waals surface area contributed by atoms with E-state index in [1.807, 2.05) is 0 Å². The van der Waals surface area contributed by atoms with Crippen LogP contribution in [-0.4, -0.2) is 46.0 Å². The van der Waals surface area contributed by atoms with E-state index in [-0.39, 0.29) is 6.54 Å². The van der Waals surface area contributed by atoms with Gasteiger partial charge < -0.3 is 15.1 Å². The number of nitrogens with zero attached hydrogens (tertiary/aromatic N) is 1. The van der Waals surface area contributed by atoms with E-state index >= 15 is 0 Å². The molecule has 0 aromatic rings. The van der Waals surface area contributed by atoms with Gasteiger partial charge in [0.25, 0.3) is 0 Å². The van der Waals surface area contributed by atoms with Crippen LogP contribution in [0, 0.1) is 17.3 Å². The maximum absolute atomic E-state index is 12.3. The fourth-order valence-corrected chi connectivity index (χ4v) is 2.41. The van der Waals surface area contributed by atoms with Gasteiger partial charge in [-0.1, -0.05) is 20.8 Å². The molecule has 0 saturated carbocycles. The molecule has 0 radical (unpaired) electrons. The second-order valence-electron chi connectivity index (χ2n) is 6.10. The normalized spacial score (nSPS) is 21.8. The second kappa shape index (κ2) is 5.59. The van der Waals surface area contributed by atoms with Crippen LogP contribution in [0.5, 0.6) is 0 Å². The maximum Gasteiger partial charge on any atom is 0.316 e. The Bertz CT molecular complexity index is 385. The Hall–Kier alpha value is -1.59. The molecule has 1 fully saturated rings. The predicted molar refractivity (Wildman–Crippen MR) is 67.5 cm³/mol. The Morgan fingerprint density at radius 3 is 2.21 bits per heavy atom. The van der Waals surface area contributed by atoms with E-state index in [9.17, 15) is 19.5 Å². The summed E-state index contributed by atoms with van der Waals surface area (Å²) in [4.78, 5) is 35.9. The van der Waals surface area contributed by atoms with Crippen molar-refractivity contribution in [2.45, 2.75) is 33.6 Å². The van der Waals surface area contributed by atoms with Gasteiger partial charge in [-0.25, -0.2) is 0 Å². The molecule has 1 rings (SSSR count). The minimum Gasteiger partial charge on any atom is -0.481 e. The van der Waals surface area contributed by atoms with Gasteiger partial charge in [0.05, 0.1) is 5.92 Å². The summed E-state index contributed by atoms with van der Waals surface area (Å²) < 4.78 is 0. The van der Waals surface area contributed by atoms with Gasteiger partial charge in [0.15, 0.2) is 0 Å². The average Bonchev–Trinajstić information content (AvgIpc) is 2.26. The zero-order valence-corrected chi connectivity index (χ0v) is 11.5. The quantitative estimate of drug-likeness (QED) is 0.748. The van der Waals surface area contributed by atoms with Crippen molar-refractivity contribution < 1.29 is 24.6 Å². The maximum atomic E-state index is 12.3. The Morgan fingerprint density at radius 1 is 1.21 bits per heavy atom. The number of rotatable bonds is 3. The highest BCUT2D eigenvalue weighted by Crippen LogP contribution is 2.29. The monoisotopic (exact) mass is 271 g/mol. The van der Waals surface area contributed by atoms with Crippen LogP contribution in [0.4, 0.5) is 0 Å². The van der Waals surface area contributed by atoms with Gasteiger partial charge in [-0.2, -0.15) is 0 Å². The molecular formula is C13H21NO5. The summed E-state index contributed by atoms with van der Waals surface area (Å²) in [7, 11) is 0. The average molecular weight is 271 g/mol.